The molecule has 2 amide bonds. The number of sulfonamides is 1. The van der Waals surface area contributed by atoms with Crippen LogP contribution in [0.15, 0.2) is 53.4 Å². The second kappa shape index (κ2) is 15.0. The molecule has 3 N–H and O–H groups in total. The van der Waals surface area contributed by atoms with Crippen LogP contribution in [0.2, 0.25) is 0 Å². The Bertz CT molecular complexity index is 1330. The first kappa shape index (κ1) is 34.3. The number of nitrogens with zero attached hydrogens (tertiary/aromatic N) is 2. The second-order valence-electron chi connectivity index (χ2n) is 12.4. The van der Waals surface area contributed by atoms with Gasteiger partial charge in [0.1, 0.15) is 13.2 Å². The summed E-state index contributed by atoms with van der Waals surface area (Å²) < 4.78 is 40.4. The van der Waals surface area contributed by atoms with E-state index in [-0.39, 0.29) is 49.2 Å². The van der Waals surface area contributed by atoms with Crippen LogP contribution >= 0.6 is 0 Å². The molecule has 0 aromatic heterocycles. The molecule has 1 heterocycles. The summed E-state index contributed by atoms with van der Waals surface area (Å²) in [5.41, 5.74) is 3.09. The van der Waals surface area contributed by atoms with Crippen LogP contribution in [-0.4, -0.2) is 86.7 Å². The number of hydrogen-bond donors (Lipinski definition) is 3. The summed E-state index contributed by atoms with van der Waals surface area (Å²) in [6.45, 7) is 9.94. The van der Waals surface area contributed by atoms with E-state index in [1.54, 1.807) is 13.1 Å². The molecule has 0 radical (unpaired) electrons. The summed E-state index contributed by atoms with van der Waals surface area (Å²) in [5.74, 6) is -0.111. The van der Waals surface area contributed by atoms with Crippen molar-refractivity contribution in [2.75, 3.05) is 39.9 Å². The number of nitrogens with one attached hydrogen (secondary N) is 2. The van der Waals surface area contributed by atoms with Gasteiger partial charge in [-0.05, 0) is 42.5 Å². The summed E-state index contributed by atoms with van der Waals surface area (Å²) in [5, 5.41) is 15.8. The highest BCUT2D eigenvalue weighted by Crippen LogP contribution is 2.33. The predicted molar refractivity (Wildman–Crippen MR) is 164 cm³/mol. The van der Waals surface area contributed by atoms with Crippen LogP contribution in [-0.2, 0) is 26.0 Å². The van der Waals surface area contributed by atoms with Crippen LogP contribution in [0.4, 0.5) is 0 Å². The summed E-state index contributed by atoms with van der Waals surface area (Å²) in [7, 11) is -2.49. The van der Waals surface area contributed by atoms with Crippen molar-refractivity contribution < 1.29 is 32.6 Å². The molecule has 3 rings (SSSR count). The summed E-state index contributed by atoms with van der Waals surface area (Å²) in [4.78, 5) is 26.4. The fraction of sp³-hybridized carbons (Fsp3) is 0.548. The van der Waals surface area contributed by atoms with Gasteiger partial charge >= 0.3 is 0 Å². The van der Waals surface area contributed by atoms with Crippen molar-refractivity contribution >= 4 is 21.8 Å². The van der Waals surface area contributed by atoms with Gasteiger partial charge < -0.3 is 19.9 Å². The maximum atomic E-state index is 14.0. The highest BCUT2D eigenvalue weighted by Gasteiger charge is 2.37. The first-order valence-electron chi connectivity index (χ1n) is 14.6. The smallest absolute Gasteiger partial charge is 0.252 e. The largest absolute Gasteiger partial charge is 0.486 e. The summed E-state index contributed by atoms with van der Waals surface area (Å²) in [6.07, 6.45) is -1.09. The predicted octanol–water partition coefficient (Wildman–Crippen LogP) is 2.59. The normalized spacial score (nSPS) is 14.8. The van der Waals surface area contributed by atoms with Crippen LogP contribution in [0.5, 0.6) is 11.5 Å². The molecule has 1 aliphatic heterocycles. The van der Waals surface area contributed by atoms with E-state index < -0.39 is 33.5 Å². The number of aliphatic hydroxyl groups excluding tert-OH is 1. The van der Waals surface area contributed by atoms with E-state index in [1.807, 2.05) is 65.0 Å². The molecule has 0 fully saturated rings. The van der Waals surface area contributed by atoms with E-state index in [1.165, 1.54) is 21.4 Å². The Morgan fingerprint density at radius 2 is 1.65 bits per heavy atom. The van der Waals surface area contributed by atoms with Gasteiger partial charge in [-0.1, -0.05) is 65.0 Å². The molecule has 0 bridgehead atoms. The number of hydrazine groups is 1. The highest BCUT2D eigenvalue weighted by atomic mass is 32.2. The average Bonchev–Trinajstić information content (AvgIpc) is 2.93. The Morgan fingerprint density at radius 1 is 1.00 bits per heavy atom. The number of carbonyl (C=O) groups is 2. The van der Waals surface area contributed by atoms with Crippen LogP contribution in [0, 0.1) is 11.3 Å². The number of fused-ring (bicyclic) bond motifs is 1. The number of hydrogen-bond acceptors (Lipinski definition) is 8. The van der Waals surface area contributed by atoms with Crippen molar-refractivity contribution in [3.05, 3.63) is 54.1 Å². The van der Waals surface area contributed by atoms with Gasteiger partial charge in [0.25, 0.3) is 5.91 Å². The lowest BCUT2D eigenvalue weighted by Crippen LogP contribution is -2.60. The van der Waals surface area contributed by atoms with Crippen molar-refractivity contribution in [1.29, 1.82) is 0 Å². The Balaban J connectivity index is 2.01. The minimum absolute atomic E-state index is 0.00666. The Morgan fingerprint density at radius 3 is 2.26 bits per heavy atom. The van der Waals surface area contributed by atoms with Gasteiger partial charge in [0, 0.05) is 25.6 Å². The molecule has 2 aromatic rings. The number of benzene rings is 2. The van der Waals surface area contributed by atoms with Crippen molar-refractivity contribution in [2.24, 2.45) is 11.3 Å². The lowest BCUT2D eigenvalue weighted by molar-refractivity contribution is -0.149. The molecule has 12 heteroatoms. The molecular formula is C31H46N4O7S. The zero-order chi connectivity index (χ0) is 31.8. The van der Waals surface area contributed by atoms with E-state index in [4.69, 9.17) is 9.47 Å². The van der Waals surface area contributed by atoms with Gasteiger partial charge in [-0.3, -0.25) is 15.0 Å². The fourth-order valence-corrected chi connectivity index (χ4v) is 6.44. The molecule has 0 saturated heterocycles. The number of likely N-dealkylation sites (N-methyl/N-ethyl adjacent to an activating group) is 1. The minimum atomic E-state index is -4.10. The first-order chi connectivity index (χ1) is 20.2. The molecule has 11 nitrogen and oxygen atoms in total. The third kappa shape index (κ3) is 9.92. The Kier molecular flexibility index (Phi) is 12.0. The SMILES string of the molecule is CNCC(=O)NN(C(=O)CC(C)(C)C)[C@@H](Cc1ccccc1)[C@H](O)CN(CC(C)C)S(=O)(=O)c1ccc2c(c1)OCCO2. The van der Waals surface area contributed by atoms with Gasteiger partial charge in [-0.2, -0.15) is 4.31 Å². The molecule has 2 aromatic carbocycles. The molecule has 0 saturated carbocycles. The summed E-state index contributed by atoms with van der Waals surface area (Å²) in [6, 6.07) is 12.8. The molecule has 43 heavy (non-hydrogen) atoms. The van der Waals surface area contributed by atoms with Crippen LogP contribution in [0.3, 0.4) is 0 Å². The average molecular weight is 619 g/mol. The van der Waals surface area contributed by atoms with E-state index in [9.17, 15) is 23.1 Å². The van der Waals surface area contributed by atoms with E-state index in [0.717, 1.165) is 5.56 Å². The van der Waals surface area contributed by atoms with E-state index in [0.29, 0.717) is 24.7 Å². The zero-order valence-electron chi connectivity index (χ0n) is 26.0. The van der Waals surface area contributed by atoms with Gasteiger partial charge in [-0.15, -0.1) is 0 Å². The quantitative estimate of drug-likeness (QED) is 0.292. The molecular weight excluding hydrogens is 572 g/mol. The van der Waals surface area contributed by atoms with Gasteiger partial charge in [0.05, 0.1) is 23.6 Å². The lowest BCUT2D eigenvalue weighted by atomic mass is 9.91. The zero-order valence-corrected chi connectivity index (χ0v) is 26.8. The van der Waals surface area contributed by atoms with Gasteiger partial charge in [0.2, 0.25) is 15.9 Å². The number of ether oxygens (including phenoxy) is 2. The Labute approximate surface area is 255 Å². The Hall–Kier alpha value is -3.19. The maximum absolute atomic E-state index is 14.0. The molecule has 2 atom stereocenters. The molecule has 0 aliphatic carbocycles. The molecule has 1 aliphatic rings. The monoisotopic (exact) mass is 618 g/mol. The number of amides is 2. The highest BCUT2D eigenvalue weighted by molar-refractivity contribution is 7.89. The van der Waals surface area contributed by atoms with E-state index in [2.05, 4.69) is 10.7 Å². The van der Waals surface area contributed by atoms with Crippen molar-refractivity contribution in [3.63, 3.8) is 0 Å². The van der Waals surface area contributed by atoms with Gasteiger partial charge in [-0.25, -0.2) is 13.4 Å². The third-order valence-electron chi connectivity index (χ3n) is 6.71. The first-order valence-corrected chi connectivity index (χ1v) is 16.0. The molecule has 238 valence electrons. The van der Waals surface area contributed by atoms with Crippen LogP contribution < -0.4 is 20.2 Å². The fourth-order valence-electron chi connectivity index (χ4n) is 4.80. The molecule has 0 unspecified atom stereocenters. The van der Waals surface area contributed by atoms with Crippen LogP contribution in [0.25, 0.3) is 0 Å². The maximum Gasteiger partial charge on any atom is 0.252 e. The van der Waals surface area contributed by atoms with Crippen LogP contribution in [0.1, 0.15) is 46.6 Å². The van der Waals surface area contributed by atoms with Crippen molar-refractivity contribution in [2.45, 2.75) is 64.5 Å². The number of rotatable bonds is 13. The topological polar surface area (TPSA) is 138 Å². The molecule has 0 spiro atoms. The third-order valence-corrected chi connectivity index (χ3v) is 8.53. The lowest BCUT2D eigenvalue weighted by Gasteiger charge is -2.38. The standard InChI is InChI=1S/C31H46N4O7S/c1-22(2)20-34(43(39,40)24-12-13-27-28(17-24)42-15-14-41-27)21-26(36)25(16-23-10-8-7-9-11-23)35(33-29(37)19-32-6)30(38)18-31(3,4)5/h7-13,17,22,25-26,32,36H,14-16,18-21H2,1-6H3,(H,33,37)/t25-,26+/m0/s1. The minimum Gasteiger partial charge on any atom is -0.486 e. The number of carbonyl (C=O) groups excluding carboxylic acids is 2. The van der Waals surface area contributed by atoms with Gasteiger partial charge in [0.15, 0.2) is 11.5 Å². The van der Waals surface area contributed by atoms with Crippen molar-refractivity contribution in [1.82, 2.24) is 20.1 Å². The van der Waals surface area contributed by atoms with Crippen molar-refractivity contribution in [3.8, 4) is 11.5 Å². The summed E-state index contributed by atoms with van der Waals surface area (Å²) >= 11 is 0. The number of aliphatic hydroxyl groups is 1. The second-order valence-corrected chi connectivity index (χ2v) is 14.4. The van der Waals surface area contributed by atoms with E-state index >= 15 is 0 Å².